The van der Waals surface area contributed by atoms with Gasteiger partial charge in [-0.05, 0) is 19.9 Å². The summed E-state index contributed by atoms with van der Waals surface area (Å²) in [4.78, 5) is 28.2. The van der Waals surface area contributed by atoms with Crippen LogP contribution in [0, 0.1) is 6.92 Å². The van der Waals surface area contributed by atoms with Crippen LogP contribution in [0.4, 0.5) is 0 Å². The molecule has 1 heterocycles. The third kappa shape index (κ3) is 5.19. The molecule has 0 aliphatic rings. The van der Waals surface area contributed by atoms with E-state index in [1.54, 1.807) is 24.4 Å². The molecule has 24 heavy (non-hydrogen) atoms. The van der Waals surface area contributed by atoms with Crippen molar-refractivity contribution >= 4 is 11.7 Å². The number of Topliss-reactive ketones (excluding diaryl/α,β-unsaturated/α-hetero) is 1. The molecule has 0 aliphatic heterocycles. The zero-order valence-corrected chi connectivity index (χ0v) is 14.0. The number of aryl methyl sites for hydroxylation is 1. The molecule has 0 unspecified atom stereocenters. The number of hydrogen-bond donors (Lipinski definition) is 1. The van der Waals surface area contributed by atoms with Crippen LogP contribution in [0.5, 0.6) is 5.88 Å². The molecule has 0 saturated carbocycles. The number of carbonyl (C=O) groups is 2. The van der Waals surface area contributed by atoms with Gasteiger partial charge in [-0.15, -0.1) is 0 Å². The molecule has 0 atom stereocenters. The summed E-state index contributed by atoms with van der Waals surface area (Å²) in [7, 11) is 0. The molecule has 1 N–H and O–H groups in total. The Morgan fingerprint density at radius 2 is 1.88 bits per heavy atom. The van der Waals surface area contributed by atoms with E-state index in [1.807, 2.05) is 32.0 Å². The number of rotatable bonds is 8. The Labute approximate surface area is 142 Å². The van der Waals surface area contributed by atoms with Crippen molar-refractivity contribution in [1.29, 1.82) is 0 Å². The predicted octanol–water partition coefficient (Wildman–Crippen LogP) is 3.07. The molecule has 0 aliphatic carbocycles. The number of amides is 1. The summed E-state index contributed by atoms with van der Waals surface area (Å²) in [6.45, 7) is 4.70. The van der Waals surface area contributed by atoms with Crippen LogP contribution in [-0.4, -0.2) is 23.3 Å². The first-order valence-corrected chi connectivity index (χ1v) is 8.03. The predicted molar refractivity (Wildman–Crippen MR) is 92.0 cm³/mol. The molecule has 0 fully saturated rings. The molecular weight excluding hydrogens is 304 g/mol. The van der Waals surface area contributed by atoms with Crippen molar-refractivity contribution in [2.45, 2.75) is 33.2 Å². The Morgan fingerprint density at radius 1 is 1.12 bits per heavy atom. The molecular formula is C19H22N2O3. The summed E-state index contributed by atoms with van der Waals surface area (Å²) < 4.78 is 5.42. The first kappa shape index (κ1) is 17.7. The largest absolute Gasteiger partial charge is 0.478 e. The summed E-state index contributed by atoms with van der Waals surface area (Å²) in [5.74, 6) is 0.333. The van der Waals surface area contributed by atoms with Crippen LogP contribution in [0.3, 0.4) is 0 Å². The van der Waals surface area contributed by atoms with Gasteiger partial charge in [-0.1, -0.05) is 35.9 Å². The minimum Gasteiger partial charge on any atom is -0.478 e. The molecule has 1 amide bonds. The zero-order chi connectivity index (χ0) is 17.4. The Kier molecular flexibility index (Phi) is 6.49. The van der Waals surface area contributed by atoms with Gasteiger partial charge in [0.1, 0.15) is 0 Å². The number of nitrogens with one attached hydrogen (secondary N) is 1. The summed E-state index contributed by atoms with van der Waals surface area (Å²) in [6, 6.07) is 11.0. The second-order valence-corrected chi connectivity index (χ2v) is 5.47. The number of aromatic nitrogens is 1. The Bertz CT molecular complexity index is 696. The van der Waals surface area contributed by atoms with Crippen molar-refractivity contribution in [2.24, 2.45) is 0 Å². The van der Waals surface area contributed by atoms with E-state index < -0.39 is 0 Å². The van der Waals surface area contributed by atoms with Gasteiger partial charge in [-0.25, -0.2) is 4.98 Å². The van der Waals surface area contributed by atoms with E-state index in [2.05, 4.69) is 10.3 Å². The fourth-order valence-corrected chi connectivity index (χ4v) is 2.22. The number of pyridine rings is 1. The van der Waals surface area contributed by atoms with E-state index in [9.17, 15) is 9.59 Å². The third-order valence-electron chi connectivity index (χ3n) is 3.56. The molecule has 0 bridgehead atoms. The van der Waals surface area contributed by atoms with Gasteiger partial charge in [0.05, 0.1) is 6.61 Å². The molecule has 0 radical (unpaired) electrons. The van der Waals surface area contributed by atoms with Crippen LogP contribution in [0.1, 0.15) is 41.3 Å². The van der Waals surface area contributed by atoms with Crippen LogP contribution in [-0.2, 0) is 11.3 Å². The van der Waals surface area contributed by atoms with E-state index >= 15 is 0 Å². The van der Waals surface area contributed by atoms with Crippen molar-refractivity contribution in [3.8, 4) is 5.88 Å². The van der Waals surface area contributed by atoms with Gasteiger partial charge in [-0.3, -0.25) is 9.59 Å². The smallest absolute Gasteiger partial charge is 0.220 e. The fraction of sp³-hybridized carbons (Fsp3) is 0.316. The Morgan fingerprint density at radius 3 is 2.58 bits per heavy atom. The number of benzene rings is 1. The highest BCUT2D eigenvalue weighted by atomic mass is 16.5. The average molecular weight is 326 g/mol. The number of hydrogen-bond acceptors (Lipinski definition) is 4. The summed E-state index contributed by atoms with van der Waals surface area (Å²) in [5, 5.41) is 2.80. The summed E-state index contributed by atoms with van der Waals surface area (Å²) in [6.07, 6.45) is 2.01. The first-order chi connectivity index (χ1) is 11.6. The van der Waals surface area contributed by atoms with E-state index in [0.717, 1.165) is 11.1 Å². The van der Waals surface area contributed by atoms with Crippen LogP contribution in [0.25, 0.3) is 0 Å². The standard InChI is InChI=1S/C19H22N2O3/c1-3-24-19-16(5-4-12-20-19)13-21-18(23)11-10-17(22)15-8-6-14(2)7-9-15/h4-9,12H,3,10-11,13H2,1-2H3,(H,21,23). The molecule has 5 heteroatoms. The van der Waals surface area contributed by atoms with Crippen LogP contribution < -0.4 is 10.1 Å². The lowest BCUT2D eigenvalue weighted by atomic mass is 10.0. The van der Waals surface area contributed by atoms with Crippen LogP contribution in [0.2, 0.25) is 0 Å². The maximum atomic E-state index is 12.1. The third-order valence-corrected chi connectivity index (χ3v) is 3.56. The minimum absolute atomic E-state index is 0.0264. The topological polar surface area (TPSA) is 68.3 Å². The van der Waals surface area contributed by atoms with E-state index in [-0.39, 0.29) is 24.5 Å². The number of ether oxygens (including phenoxy) is 1. The average Bonchev–Trinajstić information content (AvgIpc) is 2.60. The lowest BCUT2D eigenvalue weighted by Gasteiger charge is -2.09. The zero-order valence-electron chi connectivity index (χ0n) is 14.0. The quantitative estimate of drug-likeness (QED) is 0.757. The van der Waals surface area contributed by atoms with Gasteiger partial charge in [0.15, 0.2) is 5.78 Å². The highest BCUT2D eigenvalue weighted by molar-refractivity contribution is 5.97. The molecule has 1 aromatic heterocycles. The minimum atomic E-state index is -0.165. The lowest BCUT2D eigenvalue weighted by Crippen LogP contribution is -2.23. The number of nitrogens with zero attached hydrogens (tertiary/aromatic N) is 1. The SMILES string of the molecule is CCOc1ncccc1CNC(=O)CCC(=O)c1ccc(C)cc1. The van der Waals surface area contributed by atoms with E-state index in [1.165, 1.54) is 0 Å². The Hall–Kier alpha value is -2.69. The molecule has 126 valence electrons. The van der Waals surface area contributed by atoms with Gasteiger partial charge >= 0.3 is 0 Å². The van der Waals surface area contributed by atoms with Gasteiger partial charge in [0, 0.05) is 36.7 Å². The highest BCUT2D eigenvalue weighted by Crippen LogP contribution is 2.14. The Balaban J connectivity index is 1.81. The second-order valence-electron chi connectivity index (χ2n) is 5.47. The maximum Gasteiger partial charge on any atom is 0.220 e. The highest BCUT2D eigenvalue weighted by Gasteiger charge is 2.10. The normalized spacial score (nSPS) is 10.2. The van der Waals surface area contributed by atoms with Crippen molar-refractivity contribution < 1.29 is 14.3 Å². The summed E-state index contributed by atoms with van der Waals surface area (Å²) >= 11 is 0. The van der Waals surface area contributed by atoms with Crippen LogP contribution in [0.15, 0.2) is 42.6 Å². The molecule has 2 rings (SSSR count). The fourth-order valence-electron chi connectivity index (χ4n) is 2.22. The molecule has 0 saturated heterocycles. The van der Waals surface area contributed by atoms with Crippen LogP contribution >= 0.6 is 0 Å². The lowest BCUT2D eigenvalue weighted by molar-refractivity contribution is -0.121. The summed E-state index contributed by atoms with van der Waals surface area (Å²) in [5.41, 5.74) is 2.56. The van der Waals surface area contributed by atoms with Gasteiger partial charge in [-0.2, -0.15) is 0 Å². The number of ketones is 1. The molecule has 5 nitrogen and oxygen atoms in total. The monoisotopic (exact) mass is 326 g/mol. The first-order valence-electron chi connectivity index (χ1n) is 8.03. The molecule has 2 aromatic rings. The van der Waals surface area contributed by atoms with E-state index in [0.29, 0.717) is 24.6 Å². The van der Waals surface area contributed by atoms with Gasteiger partial charge < -0.3 is 10.1 Å². The van der Waals surface area contributed by atoms with Crippen molar-refractivity contribution in [2.75, 3.05) is 6.61 Å². The molecule has 0 spiro atoms. The number of carbonyl (C=O) groups excluding carboxylic acids is 2. The van der Waals surface area contributed by atoms with Crippen molar-refractivity contribution in [3.05, 3.63) is 59.3 Å². The second kappa shape index (κ2) is 8.82. The molecule has 1 aromatic carbocycles. The van der Waals surface area contributed by atoms with E-state index in [4.69, 9.17) is 4.74 Å². The van der Waals surface area contributed by atoms with Crippen molar-refractivity contribution in [3.63, 3.8) is 0 Å². The van der Waals surface area contributed by atoms with Gasteiger partial charge in [0.2, 0.25) is 11.8 Å². The maximum absolute atomic E-state index is 12.1. The van der Waals surface area contributed by atoms with Gasteiger partial charge in [0.25, 0.3) is 0 Å². The van der Waals surface area contributed by atoms with Crippen molar-refractivity contribution in [1.82, 2.24) is 10.3 Å².